The van der Waals surface area contributed by atoms with Crippen LogP contribution in [0.4, 0.5) is 0 Å². The van der Waals surface area contributed by atoms with E-state index >= 15 is 0 Å². The number of hydrogen-bond donors (Lipinski definition) is 0. The minimum Gasteiger partial charge on any atom is -0.416 e. The fraction of sp³-hybridized carbons (Fsp3) is 0.833. The minimum atomic E-state index is -2.92. The van der Waals surface area contributed by atoms with E-state index in [1.165, 1.54) is 11.8 Å². The molecule has 0 N–H and O–H groups in total. The van der Waals surface area contributed by atoms with Gasteiger partial charge in [0.25, 0.3) is 5.22 Å². The highest BCUT2D eigenvalue weighted by atomic mass is 32.2. The van der Waals surface area contributed by atoms with Gasteiger partial charge in [0.1, 0.15) is 0 Å². The van der Waals surface area contributed by atoms with E-state index in [2.05, 4.69) is 15.1 Å². The first-order chi connectivity index (χ1) is 10.1. The van der Waals surface area contributed by atoms with Gasteiger partial charge in [-0.1, -0.05) is 11.8 Å². The van der Waals surface area contributed by atoms with Crippen LogP contribution < -0.4 is 0 Å². The molecule has 1 aromatic rings. The van der Waals surface area contributed by atoms with Crippen molar-refractivity contribution in [3.05, 3.63) is 5.89 Å². The standard InChI is InChI=1S/C12H19N3O4S2/c16-21(17)8-1-10(9-21)11-13-14-12(19-11)20-7-4-15-2-5-18-6-3-15/h10H,1-9H2/t10-/m0/s1. The maximum absolute atomic E-state index is 11.5. The number of morpholine rings is 1. The van der Waals surface area contributed by atoms with Gasteiger partial charge in [-0.2, -0.15) is 0 Å². The van der Waals surface area contributed by atoms with Crippen LogP contribution in [0.2, 0.25) is 0 Å². The van der Waals surface area contributed by atoms with Crippen LogP contribution in [0, 0.1) is 0 Å². The van der Waals surface area contributed by atoms with Crippen LogP contribution in [-0.4, -0.2) is 73.6 Å². The van der Waals surface area contributed by atoms with Gasteiger partial charge < -0.3 is 9.15 Å². The molecule has 0 spiro atoms. The van der Waals surface area contributed by atoms with Gasteiger partial charge in [0.15, 0.2) is 9.84 Å². The molecule has 0 unspecified atom stereocenters. The average molecular weight is 333 g/mol. The first kappa shape index (κ1) is 15.3. The van der Waals surface area contributed by atoms with Crippen molar-refractivity contribution in [2.24, 2.45) is 0 Å². The monoisotopic (exact) mass is 333 g/mol. The second-order valence-corrected chi connectivity index (χ2v) is 8.58. The van der Waals surface area contributed by atoms with Gasteiger partial charge in [0.05, 0.1) is 30.6 Å². The number of sulfone groups is 1. The van der Waals surface area contributed by atoms with Crippen molar-refractivity contribution in [3.8, 4) is 0 Å². The lowest BCUT2D eigenvalue weighted by atomic mass is 10.1. The number of ether oxygens (including phenoxy) is 1. The number of rotatable bonds is 5. The summed E-state index contributed by atoms with van der Waals surface area (Å²) in [6.45, 7) is 4.49. The van der Waals surface area contributed by atoms with E-state index in [-0.39, 0.29) is 17.4 Å². The summed E-state index contributed by atoms with van der Waals surface area (Å²) in [4.78, 5) is 2.34. The Kier molecular flexibility index (Phi) is 4.82. The molecule has 1 aromatic heterocycles. The van der Waals surface area contributed by atoms with Crippen LogP contribution in [0.3, 0.4) is 0 Å². The second kappa shape index (κ2) is 6.64. The van der Waals surface area contributed by atoms with E-state index in [4.69, 9.17) is 9.15 Å². The quantitative estimate of drug-likeness (QED) is 0.716. The van der Waals surface area contributed by atoms with Crippen molar-refractivity contribution in [3.63, 3.8) is 0 Å². The molecule has 2 aliphatic heterocycles. The Hall–Kier alpha value is -0.640. The van der Waals surface area contributed by atoms with Crippen molar-refractivity contribution < 1.29 is 17.6 Å². The Bertz CT molecular complexity index is 569. The molecular weight excluding hydrogens is 314 g/mol. The lowest BCUT2D eigenvalue weighted by Crippen LogP contribution is -2.37. The van der Waals surface area contributed by atoms with Crippen LogP contribution in [0.25, 0.3) is 0 Å². The molecule has 3 rings (SSSR count). The molecule has 0 radical (unpaired) electrons. The van der Waals surface area contributed by atoms with Gasteiger partial charge in [-0.15, -0.1) is 10.2 Å². The molecule has 0 aliphatic carbocycles. The van der Waals surface area contributed by atoms with Crippen molar-refractivity contribution in [2.45, 2.75) is 17.6 Å². The van der Waals surface area contributed by atoms with Crippen LogP contribution in [0.1, 0.15) is 18.2 Å². The average Bonchev–Trinajstić information content (AvgIpc) is 3.06. The summed E-state index contributed by atoms with van der Waals surface area (Å²) >= 11 is 1.52. The van der Waals surface area contributed by atoms with E-state index in [9.17, 15) is 8.42 Å². The maximum Gasteiger partial charge on any atom is 0.276 e. The van der Waals surface area contributed by atoms with Crippen LogP contribution in [0.15, 0.2) is 9.64 Å². The van der Waals surface area contributed by atoms with Crippen molar-refractivity contribution in [2.75, 3.05) is 50.1 Å². The molecule has 7 nitrogen and oxygen atoms in total. The van der Waals surface area contributed by atoms with Crippen molar-refractivity contribution >= 4 is 21.6 Å². The zero-order valence-electron chi connectivity index (χ0n) is 11.7. The number of thioether (sulfide) groups is 1. The minimum absolute atomic E-state index is 0.129. The highest BCUT2D eigenvalue weighted by molar-refractivity contribution is 7.99. The highest BCUT2D eigenvalue weighted by Crippen LogP contribution is 2.29. The lowest BCUT2D eigenvalue weighted by Gasteiger charge is -2.25. The molecule has 2 aliphatic rings. The van der Waals surface area contributed by atoms with Gasteiger partial charge >= 0.3 is 0 Å². The summed E-state index contributed by atoms with van der Waals surface area (Å²) in [7, 11) is -2.92. The van der Waals surface area contributed by atoms with Crippen molar-refractivity contribution in [1.82, 2.24) is 15.1 Å². The first-order valence-corrected chi connectivity index (χ1v) is 9.90. The van der Waals surface area contributed by atoms with E-state index < -0.39 is 9.84 Å². The largest absolute Gasteiger partial charge is 0.416 e. The maximum atomic E-state index is 11.5. The fourth-order valence-corrected chi connectivity index (χ4v) is 5.02. The van der Waals surface area contributed by atoms with Gasteiger partial charge in [-0.3, -0.25) is 4.90 Å². The molecule has 1 atom stereocenters. The van der Waals surface area contributed by atoms with Crippen LogP contribution >= 0.6 is 11.8 Å². The van der Waals surface area contributed by atoms with E-state index in [1.54, 1.807) is 0 Å². The van der Waals surface area contributed by atoms with E-state index in [0.717, 1.165) is 38.6 Å². The molecule has 9 heteroatoms. The summed E-state index contributed by atoms with van der Waals surface area (Å²) in [5.74, 6) is 1.57. The summed E-state index contributed by atoms with van der Waals surface area (Å²) in [5.41, 5.74) is 0. The van der Waals surface area contributed by atoms with E-state index in [1.807, 2.05) is 0 Å². The van der Waals surface area contributed by atoms with Gasteiger partial charge in [-0.25, -0.2) is 8.42 Å². The van der Waals surface area contributed by atoms with Crippen LogP contribution in [-0.2, 0) is 14.6 Å². The molecule has 0 bridgehead atoms. The molecule has 3 heterocycles. The molecule has 2 fully saturated rings. The molecule has 21 heavy (non-hydrogen) atoms. The molecule has 118 valence electrons. The third-order valence-electron chi connectivity index (χ3n) is 3.74. The third-order valence-corrected chi connectivity index (χ3v) is 6.31. The number of hydrogen-bond acceptors (Lipinski definition) is 8. The smallest absolute Gasteiger partial charge is 0.276 e. The predicted molar refractivity (Wildman–Crippen MR) is 78.3 cm³/mol. The Labute approximate surface area is 128 Å². The van der Waals surface area contributed by atoms with Gasteiger partial charge in [-0.05, 0) is 6.42 Å². The number of aromatic nitrogens is 2. The second-order valence-electron chi connectivity index (χ2n) is 5.31. The summed E-state index contributed by atoms with van der Waals surface area (Å²) in [6.07, 6.45) is 0.586. The Morgan fingerprint density at radius 1 is 1.29 bits per heavy atom. The molecule has 0 saturated carbocycles. The fourth-order valence-electron chi connectivity index (χ4n) is 2.52. The number of nitrogens with zero attached hydrogens (tertiary/aromatic N) is 3. The highest BCUT2D eigenvalue weighted by Gasteiger charge is 2.32. The molecule has 0 aromatic carbocycles. The Balaban J connectivity index is 1.47. The predicted octanol–water partition coefficient (Wildman–Crippen LogP) is 0.396. The lowest BCUT2D eigenvalue weighted by molar-refractivity contribution is 0.0410. The zero-order chi connectivity index (χ0) is 14.7. The SMILES string of the molecule is O=S1(=O)CC[C@H](c2nnc(SCCN3CCOCC3)o2)C1. The molecule has 2 saturated heterocycles. The summed E-state index contributed by atoms with van der Waals surface area (Å²) < 4.78 is 33.8. The Morgan fingerprint density at radius 3 is 2.81 bits per heavy atom. The summed E-state index contributed by atoms with van der Waals surface area (Å²) in [5, 5.41) is 8.52. The first-order valence-electron chi connectivity index (χ1n) is 7.09. The van der Waals surface area contributed by atoms with Gasteiger partial charge in [0.2, 0.25) is 5.89 Å². The van der Waals surface area contributed by atoms with Crippen LogP contribution in [0.5, 0.6) is 0 Å². The van der Waals surface area contributed by atoms with Gasteiger partial charge in [0, 0.05) is 25.4 Å². The molecular formula is C12H19N3O4S2. The summed E-state index contributed by atoms with van der Waals surface area (Å²) in [6, 6.07) is 0. The zero-order valence-corrected chi connectivity index (χ0v) is 13.4. The van der Waals surface area contributed by atoms with Crippen molar-refractivity contribution in [1.29, 1.82) is 0 Å². The Morgan fingerprint density at radius 2 is 2.10 bits per heavy atom. The third kappa shape index (κ3) is 4.18. The topological polar surface area (TPSA) is 85.5 Å². The van der Waals surface area contributed by atoms with E-state index in [0.29, 0.717) is 17.5 Å². The normalized spacial score (nSPS) is 26.2. The molecule has 0 amide bonds.